The molecule has 0 spiro atoms. The predicted molar refractivity (Wildman–Crippen MR) is 110 cm³/mol. The van der Waals surface area contributed by atoms with E-state index in [1.54, 1.807) is 9.80 Å². The van der Waals surface area contributed by atoms with Gasteiger partial charge in [-0.15, -0.1) is 0 Å². The monoisotopic (exact) mass is 398 g/mol. The number of carbonyl (C=O) groups excluding carboxylic acids is 1. The molecule has 2 fully saturated rings. The number of alkyl halides is 2. The summed E-state index contributed by atoms with van der Waals surface area (Å²) < 4.78 is 30.0. The highest BCUT2D eigenvalue weighted by atomic mass is 19.3. The molecule has 2 aromatic rings. The Morgan fingerprint density at radius 3 is 2.17 bits per heavy atom. The average Bonchev–Trinajstić information content (AvgIpc) is 3.04. The summed E-state index contributed by atoms with van der Waals surface area (Å²) in [6, 6.07) is 15.1. The van der Waals surface area contributed by atoms with E-state index in [1.807, 2.05) is 62.4 Å². The van der Waals surface area contributed by atoms with Gasteiger partial charge in [-0.1, -0.05) is 59.7 Å². The van der Waals surface area contributed by atoms with Crippen molar-refractivity contribution in [2.24, 2.45) is 0 Å². The number of hydrogen-bond acceptors (Lipinski definition) is 2. The Labute approximate surface area is 171 Å². The molecule has 4 rings (SSSR count). The van der Waals surface area contributed by atoms with Crippen LogP contribution in [-0.4, -0.2) is 47.3 Å². The molecule has 0 aromatic heterocycles. The SMILES string of the molecule is Cc1ccc(CN2CCC(N3CCC(c4ccc(C)cc4)C(F)(F)C3)C2=O)cc1. The topological polar surface area (TPSA) is 23.6 Å². The van der Waals surface area contributed by atoms with Gasteiger partial charge in [-0.3, -0.25) is 9.69 Å². The zero-order chi connectivity index (χ0) is 20.6. The van der Waals surface area contributed by atoms with Gasteiger partial charge in [0, 0.05) is 13.1 Å². The van der Waals surface area contributed by atoms with Gasteiger partial charge in [0.25, 0.3) is 5.92 Å². The lowest BCUT2D eigenvalue weighted by Gasteiger charge is -2.40. The normalized spacial score (nSPS) is 24.8. The van der Waals surface area contributed by atoms with Gasteiger partial charge >= 0.3 is 0 Å². The van der Waals surface area contributed by atoms with Crippen LogP contribution in [0.5, 0.6) is 0 Å². The van der Waals surface area contributed by atoms with Crippen molar-refractivity contribution in [1.29, 1.82) is 0 Å². The van der Waals surface area contributed by atoms with Crippen LogP contribution in [0, 0.1) is 13.8 Å². The first-order valence-corrected chi connectivity index (χ1v) is 10.4. The number of nitrogens with zero attached hydrogens (tertiary/aromatic N) is 2. The summed E-state index contributed by atoms with van der Waals surface area (Å²) >= 11 is 0. The second kappa shape index (κ2) is 7.86. The third kappa shape index (κ3) is 4.20. The molecule has 29 heavy (non-hydrogen) atoms. The summed E-state index contributed by atoms with van der Waals surface area (Å²) in [5.41, 5.74) is 4.02. The van der Waals surface area contributed by atoms with Crippen molar-refractivity contribution < 1.29 is 13.6 Å². The molecule has 0 N–H and O–H groups in total. The molecule has 3 nitrogen and oxygen atoms in total. The number of halogens is 2. The Kier molecular flexibility index (Phi) is 5.43. The standard InChI is InChI=1S/C24H28F2N2O/c1-17-3-7-19(8-4-17)15-27-14-12-22(23(27)29)28-13-11-21(24(25,26)16-28)20-9-5-18(2)6-10-20/h3-10,21-22H,11-16H2,1-2H3. The maximum absolute atomic E-state index is 15.0. The third-order valence-electron chi connectivity index (χ3n) is 6.31. The highest BCUT2D eigenvalue weighted by molar-refractivity contribution is 5.84. The van der Waals surface area contributed by atoms with E-state index in [0.717, 1.165) is 11.1 Å². The summed E-state index contributed by atoms with van der Waals surface area (Å²) in [4.78, 5) is 16.4. The van der Waals surface area contributed by atoms with Gasteiger partial charge in [0.2, 0.25) is 5.91 Å². The van der Waals surface area contributed by atoms with E-state index in [1.165, 1.54) is 5.56 Å². The van der Waals surface area contributed by atoms with Gasteiger partial charge in [0.15, 0.2) is 0 Å². The van der Waals surface area contributed by atoms with Crippen molar-refractivity contribution in [3.05, 3.63) is 70.8 Å². The number of aryl methyl sites for hydroxylation is 2. The Morgan fingerprint density at radius 1 is 0.931 bits per heavy atom. The highest BCUT2D eigenvalue weighted by Crippen LogP contribution is 2.41. The lowest BCUT2D eigenvalue weighted by molar-refractivity contribution is -0.137. The fraction of sp³-hybridized carbons (Fsp3) is 0.458. The average molecular weight is 398 g/mol. The number of amides is 1. The van der Waals surface area contributed by atoms with Crippen molar-refractivity contribution in [1.82, 2.24) is 9.80 Å². The van der Waals surface area contributed by atoms with Crippen LogP contribution in [0.2, 0.25) is 0 Å². The molecule has 0 aliphatic carbocycles. The van der Waals surface area contributed by atoms with Crippen LogP contribution in [0.3, 0.4) is 0 Å². The Hall–Kier alpha value is -2.27. The van der Waals surface area contributed by atoms with Crippen LogP contribution < -0.4 is 0 Å². The Morgan fingerprint density at radius 2 is 1.55 bits per heavy atom. The van der Waals surface area contributed by atoms with Crippen LogP contribution >= 0.6 is 0 Å². The molecular weight excluding hydrogens is 370 g/mol. The van der Waals surface area contributed by atoms with Crippen LogP contribution in [0.1, 0.15) is 41.0 Å². The maximum Gasteiger partial charge on any atom is 0.267 e. The van der Waals surface area contributed by atoms with E-state index in [0.29, 0.717) is 38.0 Å². The van der Waals surface area contributed by atoms with Crippen molar-refractivity contribution >= 4 is 5.91 Å². The van der Waals surface area contributed by atoms with Crippen molar-refractivity contribution in [2.75, 3.05) is 19.6 Å². The molecule has 2 saturated heterocycles. The molecule has 2 aliphatic rings. The molecule has 2 unspecified atom stereocenters. The van der Waals surface area contributed by atoms with E-state index in [2.05, 4.69) is 0 Å². The van der Waals surface area contributed by atoms with Crippen molar-refractivity contribution in [3.8, 4) is 0 Å². The first kappa shape index (κ1) is 20.0. The van der Waals surface area contributed by atoms with E-state index >= 15 is 8.78 Å². The summed E-state index contributed by atoms with van der Waals surface area (Å²) in [5.74, 6) is -3.63. The van der Waals surface area contributed by atoms with Crippen LogP contribution in [0.4, 0.5) is 8.78 Å². The number of carbonyl (C=O) groups is 1. The van der Waals surface area contributed by atoms with Crippen LogP contribution in [0.15, 0.2) is 48.5 Å². The van der Waals surface area contributed by atoms with Crippen molar-refractivity contribution in [3.63, 3.8) is 0 Å². The predicted octanol–water partition coefficient (Wildman–Crippen LogP) is 4.53. The van der Waals surface area contributed by atoms with E-state index in [-0.39, 0.29) is 12.5 Å². The van der Waals surface area contributed by atoms with E-state index < -0.39 is 17.9 Å². The fourth-order valence-electron chi connectivity index (χ4n) is 4.57. The van der Waals surface area contributed by atoms with E-state index in [4.69, 9.17) is 0 Å². The first-order chi connectivity index (χ1) is 13.8. The molecule has 0 saturated carbocycles. The summed E-state index contributed by atoms with van der Waals surface area (Å²) in [6.07, 6.45) is 0.994. The van der Waals surface area contributed by atoms with Crippen LogP contribution in [0.25, 0.3) is 0 Å². The van der Waals surface area contributed by atoms with Gasteiger partial charge < -0.3 is 4.90 Å². The molecule has 2 aliphatic heterocycles. The summed E-state index contributed by atoms with van der Waals surface area (Å²) in [6.45, 7) is 5.34. The van der Waals surface area contributed by atoms with Gasteiger partial charge in [-0.2, -0.15) is 0 Å². The lowest BCUT2D eigenvalue weighted by atomic mass is 9.85. The summed E-state index contributed by atoms with van der Waals surface area (Å²) in [5, 5.41) is 0. The number of rotatable bonds is 4. The number of benzene rings is 2. The first-order valence-electron chi connectivity index (χ1n) is 10.4. The molecule has 0 bridgehead atoms. The minimum atomic E-state index is -2.84. The molecule has 2 atom stereocenters. The van der Waals surface area contributed by atoms with Gasteiger partial charge in [-0.05, 0) is 44.4 Å². The number of piperidine rings is 1. The Bertz CT molecular complexity index is 863. The van der Waals surface area contributed by atoms with Crippen LogP contribution in [-0.2, 0) is 11.3 Å². The fourth-order valence-corrected chi connectivity index (χ4v) is 4.57. The number of likely N-dealkylation sites (tertiary alicyclic amines) is 2. The largest absolute Gasteiger partial charge is 0.337 e. The molecule has 5 heteroatoms. The zero-order valence-corrected chi connectivity index (χ0v) is 17.1. The molecule has 0 radical (unpaired) electrons. The van der Waals surface area contributed by atoms with Gasteiger partial charge in [-0.25, -0.2) is 8.78 Å². The summed E-state index contributed by atoms with van der Waals surface area (Å²) in [7, 11) is 0. The molecular formula is C24H28F2N2O. The highest BCUT2D eigenvalue weighted by Gasteiger charge is 2.49. The van der Waals surface area contributed by atoms with Gasteiger partial charge in [0.05, 0.1) is 18.5 Å². The zero-order valence-electron chi connectivity index (χ0n) is 17.1. The van der Waals surface area contributed by atoms with Crippen molar-refractivity contribution in [2.45, 2.75) is 51.1 Å². The minimum Gasteiger partial charge on any atom is -0.337 e. The molecule has 154 valence electrons. The minimum absolute atomic E-state index is 0.0184. The molecule has 1 amide bonds. The maximum atomic E-state index is 15.0. The van der Waals surface area contributed by atoms with E-state index in [9.17, 15) is 4.79 Å². The third-order valence-corrected chi connectivity index (χ3v) is 6.31. The quantitative estimate of drug-likeness (QED) is 0.756. The second-order valence-electron chi connectivity index (χ2n) is 8.53. The molecule has 2 aromatic carbocycles. The Balaban J connectivity index is 1.41. The second-order valence-corrected chi connectivity index (χ2v) is 8.53. The smallest absolute Gasteiger partial charge is 0.267 e. The van der Waals surface area contributed by atoms with Gasteiger partial charge in [0.1, 0.15) is 0 Å². The number of hydrogen-bond donors (Lipinski definition) is 0. The lowest BCUT2D eigenvalue weighted by Crippen LogP contribution is -2.53. The molecule has 2 heterocycles.